The van der Waals surface area contributed by atoms with Gasteiger partial charge in [-0.2, -0.15) is 0 Å². The molecule has 1 aliphatic rings. The molecule has 1 saturated heterocycles. The summed E-state index contributed by atoms with van der Waals surface area (Å²) < 4.78 is 26.9. The molecule has 0 spiro atoms. The fourth-order valence-corrected chi connectivity index (χ4v) is 4.43. The first kappa shape index (κ1) is 25.9. The van der Waals surface area contributed by atoms with Crippen LogP contribution in [0.5, 0.6) is 5.75 Å². The molecule has 1 unspecified atom stereocenters. The summed E-state index contributed by atoms with van der Waals surface area (Å²) in [6, 6.07) is 13.8. The van der Waals surface area contributed by atoms with Gasteiger partial charge in [-0.25, -0.2) is 14.4 Å². The molecule has 3 heterocycles. The van der Waals surface area contributed by atoms with Crippen molar-refractivity contribution in [1.82, 2.24) is 14.5 Å². The Kier molecular flexibility index (Phi) is 8.05. The number of halogens is 2. The molecule has 1 fully saturated rings. The Bertz CT molecular complexity index is 1490. The molecule has 38 heavy (non-hydrogen) atoms. The van der Waals surface area contributed by atoms with Gasteiger partial charge in [-0.1, -0.05) is 29.8 Å². The van der Waals surface area contributed by atoms with E-state index in [-0.39, 0.29) is 12.2 Å². The van der Waals surface area contributed by atoms with Gasteiger partial charge in [0.2, 0.25) is 0 Å². The Hall–Kier alpha value is -3.68. The highest BCUT2D eigenvalue weighted by Gasteiger charge is 2.18. The van der Waals surface area contributed by atoms with Crippen LogP contribution in [0.3, 0.4) is 0 Å². The number of aromatic nitrogens is 3. The first-order chi connectivity index (χ1) is 18.5. The molecule has 5 rings (SSSR count). The third-order valence-electron chi connectivity index (χ3n) is 6.54. The maximum Gasteiger partial charge on any atom is 0.141 e. The zero-order valence-corrected chi connectivity index (χ0v) is 22.2. The van der Waals surface area contributed by atoms with Crippen LogP contribution in [0, 0.1) is 0 Å². The van der Waals surface area contributed by atoms with Crippen LogP contribution in [0.25, 0.3) is 22.0 Å². The fourth-order valence-electron chi connectivity index (χ4n) is 4.20. The Balaban J connectivity index is 1.30. The van der Waals surface area contributed by atoms with E-state index in [9.17, 15) is 4.39 Å². The van der Waals surface area contributed by atoms with E-state index in [0.717, 1.165) is 52.9 Å². The first-order valence-corrected chi connectivity index (χ1v) is 13.0. The minimum absolute atomic E-state index is 0.167. The minimum atomic E-state index is -0.167. The average molecular weight is 533 g/mol. The molecule has 8 heteroatoms. The molecule has 0 aliphatic carbocycles. The number of fused-ring (bicyclic) bond motifs is 1. The number of hydrogen-bond acceptors (Lipinski definition) is 5. The lowest BCUT2D eigenvalue weighted by Gasteiger charge is -2.26. The Labute approximate surface area is 226 Å². The minimum Gasteiger partial charge on any atom is -0.488 e. The topological polar surface area (TPSA) is 61.2 Å². The van der Waals surface area contributed by atoms with Crippen LogP contribution in [0.15, 0.2) is 84.7 Å². The van der Waals surface area contributed by atoms with E-state index >= 15 is 0 Å². The van der Waals surface area contributed by atoms with Gasteiger partial charge in [0.25, 0.3) is 0 Å². The largest absolute Gasteiger partial charge is 0.488 e. The third kappa shape index (κ3) is 6.23. The Morgan fingerprint density at radius 1 is 1.21 bits per heavy atom. The van der Waals surface area contributed by atoms with Gasteiger partial charge >= 0.3 is 0 Å². The van der Waals surface area contributed by atoms with Crippen molar-refractivity contribution in [2.45, 2.75) is 39.3 Å². The molecule has 6 nitrogen and oxygen atoms in total. The normalized spacial score (nSPS) is 15.9. The zero-order valence-electron chi connectivity index (χ0n) is 21.5. The lowest BCUT2D eigenvalue weighted by molar-refractivity contribution is -0.0591. The maximum atomic E-state index is 13.3. The summed E-state index contributed by atoms with van der Waals surface area (Å²) in [4.78, 5) is 8.93. The van der Waals surface area contributed by atoms with Gasteiger partial charge in [-0.05, 0) is 73.4 Å². The van der Waals surface area contributed by atoms with E-state index in [1.165, 1.54) is 6.08 Å². The third-order valence-corrected chi connectivity index (χ3v) is 6.83. The summed E-state index contributed by atoms with van der Waals surface area (Å²) in [5.74, 6) is 1.08. The highest BCUT2D eigenvalue weighted by atomic mass is 35.5. The number of nitrogens with one attached hydrogen (secondary N) is 1. The molecule has 1 atom stereocenters. The zero-order chi connectivity index (χ0) is 26.5. The molecule has 0 radical (unpaired) electrons. The summed E-state index contributed by atoms with van der Waals surface area (Å²) in [6.45, 7) is 5.64. The van der Waals surface area contributed by atoms with Crippen molar-refractivity contribution in [3.63, 3.8) is 0 Å². The fraction of sp³-hybridized carbons (Fsp3) is 0.267. The number of rotatable bonds is 10. The molecule has 0 saturated carbocycles. The van der Waals surface area contributed by atoms with Crippen molar-refractivity contribution in [3.05, 3.63) is 89.8 Å². The van der Waals surface area contributed by atoms with Crippen molar-refractivity contribution >= 4 is 34.0 Å². The van der Waals surface area contributed by atoms with Crippen LogP contribution >= 0.6 is 11.6 Å². The lowest BCUT2D eigenvalue weighted by Crippen LogP contribution is -2.30. The van der Waals surface area contributed by atoms with Crippen LogP contribution in [0.2, 0.25) is 5.02 Å². The number of anilines is 2. The number of nitrogens with zero attached hydrogens (tertiary/aromatic N) is 3. The summed E-state index contributed by atoms with van der Waals surface area (Å²) in [5.41, 5.74) is 4.76. The van der Waals surface area contributed by atoms with E-state index in [0.29, 0.717) is 29.3 Å². The molecule has 196 valence electrons. The van der Waals surface area contributed by atoms with Crippen LogP contribution in [0.4, 0.5) is 15.9 Å². The van der Waals surface area contributed by atoms with Gasteiger partial charge in [0.05, 0.1) is 22.5 Å². The van der Waals surface area contributed by atoms with E-state index in [1.54, 1.807) is 19.3 Å². The molecule has 0 amide bonds. The summed E-state index contributed by atoms with van der Waals surface area (Å²) >= 11 is 6.51. The lowest BCUT2D eigenvalue weighted by atomic mass is 10.1. The second kappa shape index (κ2) is 11.8. The maximum absolute atomic E-state index is 13.3. The van der Waals surface area contributed by atoms with Crippen LogP contribution < -0.4 is 10.1 Å². The molecule has 1 aliphatic heterocycles. The highest BCUT2D eigenvalue weighted by Crippen LogP contribution is 2.32. The van der Waals surface area contributed by atoms with Crippen molar-refractivity contribution < 1.29 is 13.9 Å². The van der Waals surface area contributed by atoms with Crippen molar-refractivity contribution in [2.24, 2.45) is 0 Å². The SMILES string of the molecule is C/C=C(/F)C/C=C(\C)COc1ccc(Nc2ncnc3ccc(-c4ccn(CC5CCO5)c4)cc23)cc1Cl. The second-order valence-electron chi connectivity index (χ2n) is 9.38. The first-order valence-electron chi connectivity index (χ1n) is 12.7. The number of benzene rings is 2. The van der Waals surface area contributed by atoms with Crippen LogP contribution in [0.1, 0.15) is 26.7 Å². The molecule has 1 N–H and O–H groups in total. The number of hydrogen-bond donors (Lipinski definition) is 1. The second-order valence-corrected chi connectivity index (χ2v) is 9.79. The molecule has 2 aromatic carbocycles. The van der Waals surface area contributed by atoms with Gasteiger partial charge in [-0.3, -0.25) is 0 Å². The predicted molar refractivity (Wildman–Crippen MR) is 151 cm³/mol. The van der Waals surface area contributed by atoms with Gasteiger partial charge in [0.15, 0.2) is 0 Å². The molecular formula is C30H30ClFN4O2. The van der Waals surface area contributed by atoms with E-state index in [2.05, 4.69) is 50.4 Å². The predicted octanol–water partition coefficient (Wildman–Crippen LogP) is 7.87. The van der Waals surface area contributed by atoms with Gasteiger partial charge in [0.1, 0.15) is 24.5 Å². The quantitative estimate of drug-likeness (QED) is 0.210. The van der Waals surface area contributed by atoms with Crippen molar-refractivity contribution in [1.29, 1.82) is 0 Å². The highest BCUT2D eigenvalue weighted by molar-refractivity contribution is 6.32. The van der Waals surface area contributed by atoms with E-state index in [1.807, 2.05) is 31.2 Å². The number of allylic oxidation sites excluding steroid dienone is 3. The average Bonchev–Trinajstić information content (AvgIpc) is 3.37. The Morgan fingerprint density at radius 2 is 2.08 bits per heavy atom. The number of ether oxygens (including phenoxy) is 2. The van der Waals surface area contributed by atoms with Crippen molar-refractivity contribution in [2.75, 3.05) is 18.5 Å². The monoisotopic (exact) mass is 532 g/mol. The molecule has 0 bridgehead atoms. The summed E-state index contributed by atoms with van der Waals surface area (Å²) in [6.07, 6.45) is 10.7. The van der Waals surface area contributed by atoms with E-state index in [4.69, 9.17) is 21.1 Å². The molecule has 4 aromatic rings. The molecular weight excluding hydrogens is 503 g/mol. The van der Waals surface area contributed by atoms with Crippen LogP contribution in [-0.2, 0) is 11.3 Å². The standard InChI is InChI=1S/C30H30ClFN4O2/c1-3-23(32)6-4-20(2)18-38-29-9-7-24(15-27(29)31)35-30-26-14-21(5-8-28(26)33-19-34-30)22-10-12-36(16-22)17-25-11-13-37-25/h3-5,7-10,12,14-16,19,25H,6,11,13,17-18H2,1-2H3,(H,33,34,35)/b20-4+,23-3+. The van der Waals surface area contributed by atoms with Crippen molar-refractivity contribution in [3.8, 4) is 16.9 Å². The van der Waals surface area contributed by atoms with Gasteiger partial charge in [0, 0.05) is 43.0 Å². The smallest absolute Gasteiger partial charge is 0.141 e. The van der Waals surface area contributed by atoms with E-state index < -0.39 is 0 Å². The van der Waals surface area contributed by atoms with Gasteiger partial charge in [-0.15, -0.1) is 0 Å². The van der Waals surface area contributed by atoms with Gasteiger partial charge < -0.3 is 19.4 Å². The summed E-state index contributed by atoms with van der Waals surface area (Å²) in [7, 11) is 0. The van der Waals surface area contributed by atoms with Crippen LogP contribution in [-0.4, -0.2) is 33.9 Å². The summed E-state index contributed by atoms with van der Waals surface area (Å²) in [5, 5.41) is 4.75. The molecule has 2 aromatic heterocycles. The Morgan fingerprint density at radius 3 is 2.84 bits per heavy atom.